The average Bonchev–Trinajstić information content (AvgIpc) is 3.37. The van der Waals surface area contributed by atoms with Gasteiger partial charge in [0.05, 0.1) is 11.2 Å². The van der Waals surface area contributed by atoms with Crippen LogP contribution in [0, 0.1) is 6.92 Å². The number of nitrogens with zero attached hydrogens (tertiary/aromatic N) is 4. The molecule has 2 aliphatic rings. The summed E-state index contributed by atoms with van der Waals surface area (Å²) in [5.74, 6) is 2.53. The summed E-state index contributed by atoms with van der Waals surface area (Å²) in [6.07, 6.45) is 2.12. The fraction of sp³-hybridized carbons (Fsp3) is 0.476. The Labute approximate surface area is 173 Å². The lowest BCUT2D eigenvalue weighted by molar-refractivity contribution is 0.0151. The van der Waals surface area contributed by atoms with Crippen molar-refractivity contribution >= 4 is 11.3 Å². The van der Waals surface area contributed by atoms with Crippen molar-refractivity contribution in [1.29, 1.82) is 0 Å². The molecule has 0 aliphatic carbocycles. The third-order valence-electron chi connectivity index (χ3n) is 5.56. The van der Waals surface area contributed by atoms with Crippen molar-refractivity contribution in [2.75, 3.05) is 26.3 Å². The number of aryl methyl sites for hydroxylation is 1. The summed E-state index contributed by atoms with van der Waals surface area (Å²) >= 11 is 1.72. The zero-order valence-corrected chi connectivity index (χ0v) is 17.2. The van der Waals surface area contributed by atoms with Gasteiger partial charge in [0.25, 0.3) is 0 Å². The number of benzene rings is 1. The van der Waals surface area contributed by atoms with Crippen LogP contribution in [0.3, 0.4) is 0 Å². The summed E-state index contributed by atoms with van der Waals surface area (Å²) in [7, 11) is 0. The van der Waals surface area contributed by atoms with Crippen LogP contribution < -0.4 is 4.74 Å². The number of thiazole rings is 1. The smallest absolute Gasteiger partial charge is 0.230 e. The second-order valence-electron chi connectivity index (χ2n) is 7.66. The predicted octanol–water partition coefficient (Wildman–Crippen LogP) is 3.66. The molecule has 2 fully saturated rings. The number of aromatic nitrogens is 3. The molecular formula is C21H24N4O3S. The van der Waals surface area contributed by atoms with Crippen LogP contribution in [-0.2, 0) is 11.3 Å². The molecule has 0 bridgehead atoms. The standard InChI is InChI=1S/C21H24N4O3S/c1-14-19(29-13-22-14)12-25-10-18(11-25)27-17-4-2-15(3-5-17)20-23-21(28-24-20)16-6-8-26-9-7-16/h2-5,13,16,18H,6-12H2,1H3. The number of likely N-dealkylation sites (tertiary alicyclic amines) is 1. The van der Waals surface area contributed by atoms with Crippen molar-refractivity contribution in [3.05, 3.63) is 46.2 Å². The van der Waals surface area contributed by atoms with Crippen LogP contribution >= 0.6 is 11.3 Å². The van der Waals surface area contributed by atoms with Crippen molar-refractivity contribution in [1.82, 2.24) is 20.0 Å². The molecule has 0 spiro atoms. The van der Waals surface area contributed by atoms with Gasteiger partial charge in [-0.15, -0.1) is 11.3 Å². The SMILES string of the molecule is Cc1ncsc1CN1CC(Oc2ccc(-c3noc(C4CCOCC4)n3)cc2)C1. The summed E-state index contributed by atoms with van der Waals surface area (Å²) < 4.78 is 17.0. The third-order valence-corrected chi connectivity index (χ3v) is 6.48. The van der Waals surface area contributed by atoms with Gasteiger partial charge in [-0.25, -0.2) is 4.98 Å². The number of hydrogen-bond acceptors (Lipinski definition) is 8. The maximum atomic E-state index is 6.09. The van der Waals surface area contributed by atoms with Crippen LogP contribution in [0.2, 0.25) is 0 Å². The van der Waals surface area contributed by atoms with E-state index in [0.29, 0.717) is 11.7 Å². The first kappa shape index (κ1) is 18.7. The molecule has 0 N–H and O–H groups in total. The van der Waals surface area contributed by atoms with Crippen LogP contribution in [0.15, 0.2) is 34.3 Å². The highest BCUT2D eigenvalue weighted by Gasteiger charge is 2.29. The normalized spacial score (nSPS) is 18.7. The molecule has 1 aromatic carbocycles. The molecule has 3 aromatic rings. The van der Waals surface area contributed by atoms with Crippen molar-refractivity contribution in [2.45, 2.75) is 38.3 Å². The number of hydrogen-bond donors (Lipinski definition) is 0. The first-order valence-corrected chi connectivity index (χ1v) is 10.9. The van der Waals surface area contributed by atoms with Gasteiger partial charge in [-0.2, -0.15) is 4.98 Å². The van der Waals surface area contributed by atoms with Gasteiger partial charge in [0.15, 0.2) is 0 Å². The van der Waals surface area contributed by atoms with Crippen molar-refractivity contribution < 1.29 is 14.0 Å². The first-order valence-electron chi connectivity index (χ1n) is 10.0. The monoisotopic (exact) mass is 412 g/mol. The summed E-state index contributed by atoms with van der Waals surface area (Å²) in [6, 6.07) is 7.95. The molecule has 0 atom stereocenters. The minimum atomic E-state index is 0.236. The molecule has 152 valence electrons. The fourth-order valence-electron chi connectivity index (χ4n) is 3.75. The maximum Gasteiger partial charge on any atom is 0.230 e. The van der Waals surface area contributed by atoms with Crippen LogP contribution in [0.25, 0.3) is 11.4 Å². The summed E-state index contributed by atoms with van der Waals surface area (Å²) in [4.78, 5) is 12.6. The Balaban J connectivity index is 1.14. The van der Waals surface area contributed by atoms with E-state index < -0.39 is 0 Å². The highest BCUT2D eigenvalue weighted by atomic mass is 32.1. The number of ether oxygens (including phenoxy) is 2. The molecular weight excluding hydrogens is 388 g/mol. The van der Waals surface area contributed by atoms with Gasteiger partial charge in [-0.05, 0) is 44.0 Å². The van der Waals surface area contributed by atoms with Crippen molar-refractivity contribution in [3.63, 3.8) is 0 Å². The molecule has 2 aromatic heterocycles. The topological polar surface area (TPSA) is 73.5 Å². The van der Waals surface area contributed by atoms with Crippen LogP contribution in [-0.4, -0.2) is 52.4 Å². The van der Waals surface area contributed by atoms with Gasteiger partial charge in [0.1, 0.15) is 11.9 Å². The molecule has 7 nitrogen and oxygen atoms in total. The number of rotatable bonds is 6. The maximum absolute atomic E-state index is 6.09. The van der Waals surface area contributed by atoms with Crippen molar-refractivity contribution in [3.8, 4) is 17.1 Å². The Morgan fingerprint density at radius 1 is 1.17 bits per heavy atom. The van der Waals surface area contributed by atoms with E-state index in [-0.39, 0.29) is 6.10 Å². The van der Waals surface area contributed by atoms with Crippen LogP contribution in [0.5, 0.6) is 5.75 Å². The van der Waals surface area contributed by atoms with E-state index in [9.17, 15) is 0 Å². The molecule has 8 heteroatoms. The van der Waals surface area contributed by atoms with E-state index in [0.717, 1.165) is 68.6 Å². The second kappa shape index (κ2) is 8.22. The first-order chi connectivity index (χ1) is 14.2. The quantitative estimate of drug-likeness (QED) is 0.612. The van der Waals surface area contributed by atoms with Crippen molar-refractivity contribution in [2.24, 2.45) is 0 Å². The lowest BCUT2D eigenvalue weighted by Gasteiger charge is -2.38. The minimum Gasteiger partial charge on any atom is -0.488 e. The Hall–Kier alpha value is -2.29. The van der Waals surface area contributed by atoms with Gasteiger partial charge in [0.2, 0.25) is 11.7 Å². The molecule has 0 saturated carbocycles. The van der Waals surface area contributed by atoms with Gasteiger partial charge in [0, 0.05) is 49.2 Å². The van der Waals surface area contributed by atoms with Crippen LogP contribution in [0.1, 0.15) is 35.2 Å². The zero-order chi connectivity index (χ0) is 19.6. The van der Waals surface area contributed by atoms with Gasteiger partial charge in [-0.1, -0.05) is 5.16 Å². The summed E-state index contributed by atoms with van der Waals surface area (Å²) in [6.45, 7) is 6.43. The summed E-state index contributed by atoms with van der Waals surface area (Å²) in [5, 5.41) is 4.15. The van der Waals surface area contributed by atoms with Gasteiger partial charge < -0.3 is 14.0 Å². The molecule has 4 heterocycles. The fourth-order valence-corrected chi connectivity index (χ4v) is 4.56. The largest absolute Gasteiger partial charge is 0.488 e. The van der Waals surface area contributed by atoms with Crippen LogP contribution in [0.4, 0.5) is 0 Å². The molecule has 5 rings (SSSR count). The van der Waals surface area contributed by atoms with Gasteiger partial charge >= 0.3 is 0 Å². The molecule has 0 unspecified atom stereocenters. The van der Waals surface area contributed by atoms with E-state index >= 15 is 0 Å². The van der Waals surface area contributed by atoms with E-state index in [1.807, 2.05) is 29.8 Å². The van der Waals surface area contributed by atoms with E-state index in [2.05, 4.69) is 26.9 Å². The average molecular weight is 413 g/mol. The lowest BCUT2D eigenvalue weighted by atomic mass is 10.0. The highest BCUT2D eigenvalue weighted by molar-refractivity contribution is 7.09. The highest BCUT2D eigenvalue weighted by Crippen LogP contribution is 2.28. The minimum absolute atomic E-state index is 0.236. The molecule has 29 heavy (non-hydrogen) atoms. The van der Waals surface area contributed by atoms with E-state index in [4.69, 9.17) is 14.0 Å². The zero-order valence-electron chi connectivity index (χ0n) is 16.4. The Bertz CT molecular complexity index is 943. The third kappa shape index (κ3) is 4.19. The molecule has 2 aliphatic heterocycles. The summed E-state index contributed by atoms with van der Waals surface area (Å²) in [5.41, 5.74) is 3.99. The van der Waals surface area contributed by atoms with E-state index in [1.165, 1.54) is 4.88 Å². The Morgan fingerprint density at radius 2 is 1.97 bits per heavy atom. The van der Waals surface area contributed by atoms with E-state index in [1.54, 1.807) is 11.3 Å². The second-order valence-corrected chi connectivity index (χ2v) is 8.60. The molecule has 2 saturated heterocycles. The Kier molecular flexibility index (Phi) is 5.30. The molecule has 0 radical (unpaired) electrons. The lowest BCUT2D eigenvalue weighted by Crippen LogP contribution is -2.53. The predicted molar refractivity (Wildman–Crippen MR) is 109 cm³/mol. The Morgan fingerprint density at radius 3 is 2.69 bits per heavy atom. The molecule has 0 amide bonds. The van der Waals surface area contributed by atoms with Gasteiger partial charge in [-0.3, -0.25) is 4.90 Å².